The van der Waals surface area contributed by atoms with Crippen LogP contribution in [0.1, 0.15) is 90.0 Å². The minimum absolute atomic E-state index is 0.0334. The lowest BCUT2D eigenvalue weighted by atomic mass is 10.0. The summed E-state index contributed by atoms with van der Waals surface area (Å²) in [6, 6.07) is 7.11. The molecule has 17 N–H and O–H groups in total. The van der Waals surface area contributed by atoms with Gasteiger partial charge in [0.05, 0.1) is 12.4 Å². The first-order valence-electron chi connectivity index (χ1n) is 25.1. The minimum Gasteiger partial charge on any atom is -0.379 e. The highest BCUT2D eigenvalue weighted by atomic mass is 16.3. The van der Waals surface area contributed by atoms with Gasteiger partial charge in [0.25, 0.3) is 0 Å². The van der Waals surface area contributed by atoms with E-state index in [0.29, 0.717) is 24.1 Å². The summed E-state index contributed by atoms with van der Waals surface area (Å²) in [5.41, 5.74) is 20.0. The second-order valence-corrected chi connectivity index (χ2v) is 18.9. The molecular weight excluding hydrogens is 969 g/mol. The number of hydrogen-bond acceptors (Lipinski definition) is 13. The van der Waals surface area contributed by atoms with Crippen molar-refractivity contribution in [1.82, 2.24) is 57.5 Å². The van der Waals surface area contributed by atoms with Crippen LogP contribution >= 0.6 is 0 Å². The Morgan fingerprint density at radius 2 is 1.23 bits per heavy atom. The number of benzene rings is 2. The number of hydrogen-bond donors (Lipinski definition) is 14. The van der Waals surface area contributed by atoms with Gasteiger partial charge in [-0.2, -0.15) is 0 Å². The van der Waals surface area contributed by atoms with Gasteiger partial charge in [0.15, 0.2) is 0 Å². The normalized spacial score (nSPS) is 14.8. The lowest BCUT2D eigenvalue weighted by Gasteiger charge is -2.27. The van der Waals surface area contributed by atoms with Crippen LogP contribution in [0.4, 0.5) is 0 Å². The highest BCUT2D eigenvalue weighted by Gasteiger charge is 2.33. The van der Waals surface area contributed by atoms with E-state index in [2.05, 4.69) is 57.5 Å². The van der Waals surface area contributed by atoms with Crippen LogP contribution in [-0.2, 0) is 62.4 Å². The second-order valence-electron chi connectivity index (χ2n) is 18.9. The van der Waals surface area contributed by atoms with Crippen LogP contribution in [-0.4, -0.2) is 134 Å². The molecule has 0 aliphatic rings. The van der Waals surface area contributed by atoms with E-state index >= 15 is 0 Å². The summed E-state index contributed by atoms with van der Waals surface area (Å²) in [4.78, 5) is 130. The van der Waals surface area contributed by atoms with E-state index < -0.39 is 114 Å². The zero-order chi connectivity index (χ0) is 55.2. The molecule has 2 heterocycles. The van der Waals surface area contributed by atoms with Gasteiger partial charge in [0.2, 0.25) is 53.2 Å². The van der Waals surface area contributed by atoms with Gasteiger partial charge in [-0.25, -0.2) is 4.98 Å². The largest absolute Gasteiger partial charge is 0.379 e. The highest BCUT2D eigenvalue weighted by Crippen LogP contribution is 2.20. The number of aromatic nitrogens is 3. The molecule has 408 valence electrons. The van der Waals surface area contributed by atoms with Crippen molar-refractivity contribution in [2.75, 3.05) is 6.54 Å². The number of carbonyl (C=O) groups is 9. The van der Waals surface area contributed by atoms with Crippen molar-refractivity contribution in [3.63, 3.8) is 0 Å². The van der Waals surface area contributed by atoms with Gasteiger partial charge >= 0.3 is 0 Å². The average Bonchev–Trinajstić information content (AvgIpc) is 4.05. The third kappa shape index (κ3) is 19.6. The van der Waals surface area contributed by atoms with Crippen molar-refractivity contribution in [3.05, 3.63) is 90.1 Å². The molecule has 24 heteroatoms. The Bertz CT molecular complexity index is 2540. The summed E-state index contributed by atoms with van der Waals surface area (Å²) in [5, 5.41) is 31.7. The molecule has 0 aliphatic carbocycles. The number of aliphatic hydroxyl groups excluding tert-OH is 1. The third-order valence-corrected chi connectivity index (χ3v) is 12.3. The fourth-order valence-electron chi connectivity index (χ4n) is 7.91. The van der Waals surface area contributed by atoms with Gasteiger partial charge in [-0.15, -0.1) is 0 Å². The number of carbonyl (C=O) groups excluding carboxylic acids is 9. The molecule has 2 aromatic carbocycles. The summed E-state index contributed by atoms with van der Waals surface area (Å²) in [6.07, 6.45) is 4.56. The molecule has 0 bridgehead atoms. The molecule has 75 heavy (non-hydrogen) atoms. The van der Waals surface area contributed by atoms with Crippen LogP contribution in [0.2, 0.25) is 0 Å². The van der Waals surface area contributed by atoms with Crippen LogP contribution in [0, 0.1) is 5.92 Å². The van der Waals surface area contributed by atoms with Crippen LogP contribution < -0.4 is 59.7 Å². The smallest absolute Gasteiger partial charge is 0.243 e. The quantitative estimate of drug-likeness (QED) is 0.0258. The van der Waals surface area contributed by atoms with Crippen molar-refractivity contribution >= 4 is 64.1 Å². The lowest BCUT2D eigenvalue weighted by molar-refractivity contribution is -0.135. The molecular formula is C51H74N14O10. The molecule has 0 saturated heterocycles. The van der Waals surface area contributed by atoms with Crippen molar-refractivity contribution in [2.24, 2.45) is 23.1 Å². The van der Waals surface area contributed by atoms with Crippen LogP contribution in [0.25, 0.3) is 10.9 Å². The van der Waals surface area contributed by atoms with Gasteiger partial charge in [0.1, 0.15) is 48.5 Å². The highest BCUT2D eigenvalue weighted by molar-refractivity contribution is 5.97. The first-order valence-corrected chi connectivity index (χ1v) is 25.1. The number of aromatic amines is 2. The van der Waals surface area contributed by atoms with Gasteiger partial charge < -0.3 is 74.8 Å². The molecule has 9 atom stereocenters. The van der Waals surface area contributed by atoms with Crippen molar-refractivity contribution in [1.29, 1.82) is 0 Å². The van der Waals surface area contributed by atoms with Crippen molar-refractivity contribution in [3.8, 4) is 0 Å². The standard InChI is InChI=1S/C51H74N14O10/c1-6-7-16-37(44(54)68)62-45(69)29(4)59-50(74)40(24-33-26-55-27-58-33)61-42(67)20-21-56-51(75)43(28(2)3)65-46(70)30(5)60-49(73)39(23-32-25-57-36-17-12-11-15-34(32)36)64-48(72)38(18-19-41(53)66)63-47(71)35(52)22-31-13-9-8-10-14-31/h8-15,17,25-30,35,37-41,43,57,66H,6-7,16,18-24,52-53H2,1-5H3,(H2,54,68)(H,55,58)(H,56,75)(H,59,74)(H,60,73)(H,61,67)(H,62,69)(H,63,71)(H,64,72)(H,65,70)/t29-,30-,35+,37-,38-,39-,40-,41?,43-/m0/s1. The Labute approximate surface area is 435 Å². The fraction of sp³-hybridized carbons (Fsp3) is 0.490. The minimum atomic E-state index is -1.31. The topological polar surface area (TPSA) is 393 Å². The summed E-state index contributed by atoms with van der Waals surface area (Å²) in [6.45, 7) is 7.89. The van der Waals surface area contributed by atoms with Crippen LogP contribution in [0.15, 0.2) is 73.3 Å². The number of imidazole rings is 1. The zero-order valence-electron chi connectivity index (χ0n) is 43.1. The first-order chi connectivity index (χ1) is 35.7. The number of unbranched alkanes of at least 4 members (excludes halogenated alkanes) is 1. The number of nitrogens with one attached hydrogen (secondary N) is 10. The first kappa shape index (κ1) is 59.9. The second kappa shape index (κ2) is 29.9. The third-order valence-electron chi connectivity index (χ3n) is 12.3. The van der Waals surface area contributed by atoms with E-state index in [4.69, 9.17) is 17.2 Å². The number of nitrogens with zero attached hydrogens (tertiary/aromatic N) is 1. The van der Waals surface area contributed by atoms with E-state index in [-0.39, 0.29) is 45.1 Å². The predicted octanol–water partition coefficient (Wildman–Crippen LogP) is -1.43. The summed E-state index contributed by atoms with van der Waals surface area (Å²) in [5.74, 6) is -6.76. The number of fused-ring (bicyclic) bond motifs is 1. The number of H-pyrrole nitrogens is 2. The van der Waals surface area contributed by atoms with E-state index in [9.17, 15) is 48.3 Å². The number of aliphatic hydroxyl groups is 1. The van der Waals surface area contributed by atoms with Crippen molar-refractivity contribution < 1.29 is 48.3 Å². The SMILES string of the molecule is CCCC[C@H](NC(=O)[C@H](C)NC(=O)[C@H](Cc1cnc[nH]1)NC(=O)CCNC(=O)[C@@H](NC(=O)[C@H](C)NC(=O)[C@H](Cc1c[nH]c2ccccc12)NC(=O)[C@H](CCC(N)O)NC(=O)[C@H](N)Cc1ccccc1)C(C)C)C(N)=O. The summed E-state index contributed by atoms with van der Waals surface area (Å²) < 4.78 is 0. The van der Waals surface area contributed by atoms with Crippen LogP contribution in [0.3, 0.4) is 0 Å². The van der Waals surface area contributed by atoms with Crippen molar-refractivity contribution in [2.45, 2.75) is 147 Å². The molecule has 4 aromatic rings. The number of para-hydroxylation sites is 1. The van der Waals surface area contributed by atoms with Crippen LogP contribution in [0.5, 0.6) is 0 Å². The predicted molar refractivity (Wildman–Crippen MR) is 278 cm³/mol. The lowest BCUT2D eigenvalue weighted by Crippen LogP contribution is -2.59. The van der Waals surface area contributed by atoms with E-state index in [1.54, 1.807) is 44.3 Å². The molecule has 0 fully saturated rings. The molecule has 1 unspecified atom stereocenters. The Hall–Kier alpha value is -7.70. The van der Waals surface area contributed by atoms with E-state index in [0.717, 1.165) is 22.9 Å². The number of rotatable bonds is 31. The molecule has 0 spiro atoms. The Balaban J connectivity index is 1.39. The molecule has 24 nitrogen and oxygen atoms in total. The number of amides is 9. The van der Waals surface area contributed by atoms with Gasteiger partial charge in [0, 0.05) is 54.8 Å². The maximum atomic E-state index is 14.2. The molecule has 9 amide bonds. The van der Waals surface area contributed by atoms with E-state index in [1.165, 1.54) is 26.4 Å². The van der Waals surface area contributed by atoms with Gasteiger partial charge in [-0.3, -0.25) is 43.2 Å². The summed E-state index contributed by atoms with van der Waals surface area (Å²) >= 11 is 0. The monoisotopic (exact) mass is 1040 g/mol. The van der Waals surface area contributed by atoms with Gasteiger partial charge in [-0.1, -0.05) is 82.1 Å². The Kier molecular flexibility index (Phi) is 23.8. The average molecular weight is 1040 g/mol. The molecule has 2 aromatic heterocycles. The molecule has 0 radical (unpaired) electrons. The Morgan fingerprint density at radius 1 is 0.627 bits per heavy atom. The number of nitrogens with two attached hydrogens (primary N) is 3. The Morgan fingerprint density at radius 3 is 1.84 bits per heavy atom. The molecule has 4 rings (SSSR count). The molecule has 0 saturated carbocycles. The summed E-state index contributed by atoms with van der Waals surface area (Å²) in [7, 11) is 0. The van der Waals surface area contributed by atoms with Gasteiger partial charge in [-0.05, 0) is 62.6 Å². The number of primary amides is 1. The molecule has 0 aliphatic heterocycles. The zero-order valence-corrected chi connectivity index (χ0v) is 43.1. The maximum absolute atomic E-state index is 14.2. The maximum Gasteiger partial charge on any atom is 0.243 e. The fourth-order valence-corrected chi connectivity index (χ4v) is 7.91. The van der Waals surface area contributed by atoms with E-state index in [1.807, 2.05) is 37.3 Å².